The van der Waals surface area contributed by atoms with E-state index in [-0.39, 0.29) is 0 Å². The molecular weight excluding hydrogens is 344 g/mol. The predicted octanol–water partition coefficient (Wildman–Crippen LogP) is 3.02. The zero-order chi connectivity index (χ0) is 19.6. The average Bonchev–Trinajstić information content (AvgIpc) is 2.67. The van der Waals surface area contributed by atoms with Gasteiger partial charge in [-0.15, -0.1) is 0 Å². The van der Waals surface area contributed by atoms with E-state index >= 15 is 0 Å². The quantitative estimate of drug-likeness (QED) is 0.582. The molecule has 0 aliphatic rings. The molecule has 0 saturated heterocycles. The highest BCUT2D eigenvalue weighted by Crippen LogP contribution is 2.18. The van der Waals surface area contributed by atoms with Crippen LogP contribution in [0.1, 0.15) is 25.0 Å². The van der Waals surface area contributed by atoms with Gasteiger partial charge >= 0.3 is 0 Å². The third kappa shape index (κ3) is 6.86. The minimum absolute atomic E-state index is 0.433. The van der Waals surface area contributed by atoms with Gasteiger partial charge in [0.1, 0.15) is 11.5 Å². The summed E-state index contributed by atoms with van der Waals surface area (Å²) in [5, 5.41) is 0. The van der Waals surface area contributed by atoms with Crippen molar-refractivity contribution in [3.63, 3.8) is 0 Å². The van der Waals surface area contributed by atoms with Crippen LogP contribution in [0.2, 0.25) is 0 Å². The Kier molecular flexibility index (Phi) is 7.43. The maximum Gasteiger partial charge on any atom is 0.279 e. The van der Waals surface area contributed by atoms with Crippen LogP contribution < -0.4 is 20.3 Å². The van der Waals surface area contributed by atoms with E-state index in [1.165, 1.54) is 6.08 Å². The Labute approximate surface area is 159 Å². The van der Waals surface area contributed by atoms with Crippen molar-refractivity contribution in [1.82, 2.24) is 10.9 Å². The zero-order valence-electron chi connectivity index (χ0n) is 15.7. The smallest absolute Gasteiger partial charge is 0.279 e. The van der Waals surface area contributed by atoms with Crippen molar-refractivity contribution in [2.24, 2.45) is 0 Å². The van der Waals surface area contributed by atoms with E-state index in [2.05, 4.69) is 10.9 Å². The number of nitrogens with one attached hydrogen (secondary N) is 2. The normalized spacial score (nSPS) is 11.7. The van der Waals surface area contributed by atoms with Gasteiger partial charge in [0.05, 0.1) is 6.61 Å². The van der Waals surface area contributed by atoms with E-state index in [0.29, 0.717) is 12.4 Å². The van der Waals surface area contributed by atoms with Crippen LogP contribution in [0.4, 0.5) is 0 Å². The van der Waals surface area contributed by atoms with Crippen LogP contribution in [-0.4, -0.2) is 24.5 Å². The fraction of sp³-hybridized carbons (Fsp3) is 0.238. The van der Waals surface area contributed by atoms with Crippen LogP contribution in [0.25, 0.3) is 6.08 Å². The first-order valence-corrected chi connectivity index (χ1v) is 8.72. The van der Waals surface area contributed by atoms with Gasteiger partial charge in [0.25, 0.3) is 11.8 Å². The SMILES string of the molecule is CCOc1ccc(O[C@H](C)C(=O)NNC(=O)/C=C/c2ccc(C)cc2)cc1. The van der Waals surface area contributed by atoms with Crippen LogP contribution in [0, 0.1) is 6.92 Å². The molecule has 0 bridgehead atoms. The van der Waals surface area contributed by atoms with Gasteiger partial charge in [-0.25, -0.2) is 0 Å². The number of hydrogen-bond acceptors (Lipinski definition) is 4. The molecule has 2 rings (SSSR count). The summed E-state index contributed by atoms with van der Waals surface area (Å²) in [5.41, 5.74) is 6.71. The monoisotopic (exact) mass is 368 g/mol. The van der Waals surface area contributed by atoms with Crippen molar-refractivity contribution >= 4 is 17.9 Å². The second kappa shape index (κ2) is 10.0. The lowest BCUT2D eigenvalue weighted by atomic mass is 10.1. The maximum atomic E-state index is 12.0. The largest absolute Gasteiger partial charge is 0.494 e. The van der Waals surface area contributed by atoms with E-state index in [1.807, 2.05) is 38.1 Å². The van der Waals surface area contributed by atoms with Crippen LogP contribution in [0.3, 0.4) is 0 Å². The summed E-state index contributed by atoms with van der Waals surface area (Å²) in [6.07, 6.45) is 2.24. The maximum absolute atomic E-state index is 12.0. The molecular formula is C21H24N2O4. The van der Waals surface area contributed by atoms with E-state index in [1.54, 1.807) is 37.3 Å². The molecule has 27 heavy (non-hydrogen) atoms. The lowest BCUT2D eigenvalue weighted by Gasteiger charge is -2.15. The lowest BCUT2D eigenvalue weighted by Crippen LogP contribution is -2.46. The van der Waals surface area contributed by atoms with E-state index in [9.17, 15) is 9.59 Å². The third-order valence-electron chi connectivity index (χ3n) is 3.63. The first-order valence-electron chi connectivity index (χ1n) is 8.72. The molecule has 2 aromatic carbocycles. The first kappa shape index (κ1) is 20.0. The molecule has 0 unspecified atom stereocenters. The van der Waals surface area contributed by atoms with Crippen LogP contribution in [0.15, 0.2) is 54.6 Å². The summed E-state index contributed by atoms with van der Waals surface area (Å²) in [6, 6.07) is 14.7. The van der Waals surface area contributed by atoms with Crippen molar-refractivity contribution in [3.05, 3.63) is 65.7 Å². The molecule has 2 aromatic rings. The Hall–Kier alpha value is -3.28. The highest BCUT2D eigenvalue weighted by atomic mass is 16.5. The molecule has 0 saturated carbocycles. The summed E-state index contributed by atoms with van der Waals surface area (Å²) < 4.78 is 10.9. The fourth-order valence-corrected chi connectivity index (χ4v) is 2.15. The van der Waals surface area contributed by atoms with E-state index in [0.717, 1.165) is 16.9 Å². The minimum atomic E-state index is -0.774. The average molecular weight is 368 g/mol. The molecule has 0 fully saturated rings. The Morgan fingerprint density at radius 1 is 1.00 bits per heavy atom. The number of benzene rings is 2. The Bertz CT molecular complexity index is 783. The van der Waals surface area contributed by atoms with Crippen molar-refractivity contribution in [3.8, 4) is 11.5 Å². The molecule has 0 aromatic heterocycles. The van der Waals surface area contributed by atoms with Crippen molar-refractivity contribution < 1.29 is 19.1 Å². The predicted molar refractivity (Wildman–Crippen MR) is 104 cm³/mol. The summed E-state index contributed by atoms with van der Waals surface area (Å²) in [6.45, 7) is 6.07. The molecule has 6 heteroatoms. The van der Waals surface area contributed by atoms with Gasteiger partial charge in [-0.2, -0.15) is 0 Å². The lowest BCUT2D eigenvalue weighted by molar-refractivity contribution is -0.131. The standard InChI is InChI=1S/C21H24N2O4/c1-4-26-18-10-12-19(13-11-18)27-16(3)21(25)23-22-20(24)14-9-17-7-5-15(2)6-8-17/h5-14,16H,4H2,1-3H3,(H,22,24)(H,23,25)/b14-9+/t16-/m1/s1. The Morgan fingerprint density at radius 2 is 1.63 bits per heavy atom. The summed E-state index contributed by atoms with van der Waals surface area (Å²) in [4.78, 5) is 23.8. The molecule has 0 radical (unpaired) electrons. The van der Waals surface area contributed by atoms with Crippen molar-refractivity contribution in [2.75, 3.05) is 6.61 Å². The number of carbonyl (C=O) groups is 2. The molecule has 0 heterocycles. The topological polar surface area (TPSA) is 76.7 Å². The fourth-order valence-electron chi connectivity index (χ4n) is 2.15. The molecule has 2 N–H and O–H groups in total. The second-order valence-corrected chi connectivity index (χ2v) is 5.89. The Balaban J connectivity index is 1.78. The molecule has 1 atom stereocenters. The summed E-state index contributed by atoms with van der Waals surface area (Å²) >= 11 is 0. The van der Waals surface area contributed by atoms with Crippen molar-refractivity contribution in [1.29, 1.82) is 0 Å². The molecule has 0 aliphatic heterocycles. The van der Waals surface area contributed by atoms with Gasteiger partial charge in [0, 0.05) is 6.08 Å². The highest BCUT2D eigenvalue weighted by molar-refractivity contribution is 5.93. The summed E-state index contributed by atoms with van der Waals surface area (Å²) in [5.74, 6) is 0.374. The summed E-state index contributed by atoms with van der Waals surface area (Å²) in [7, 11) is 0. The molecule has 6 nitrogen and oxygen atoms in total. The molecule has 0 spiro atoms. The van der Waals surface area contributed by atoms with Crippen LogP contribution >= 0.6 is 0 Å². The number of aryl methyl sites for hydroxylation is 1. The van der Waals surface area contributed by atoms with Gasteiger partial charge in [0.2, 0.25) is 0 Å². The van der Waals surface area contributed by atoms with Crippen LogP contribution in [-0.2, 0) is 9.59 Å². The van der Waals surface area contributed by atoms with Gasteiger partial charge in [0.15, 0.2) is 6.10 Å². The van der Waals surface area contributed by atoms with E-state index in [4.69, 9.17) is 9.47 Å². The number of hydrogen-bond donors (Lipinski definition) is 2. The highest BCUT2D eigenvalue weighted by Gasteiger charge is 2.15. The van der Waals surface area contributed by atoms with E-state index < -0.39 is 17.9 Å². The van der Waals surface area contributed by atoms with Gasteiger partial charge in [-0.3, -0.25) is 20.4 Å². The number of ether oxygens (including phenoxy) is 2. The third-order valence-corrected chi connectivity index (χ3v) is 3.63. The molecule has 2 amide bonds. The minimum Gasteiger partial charge on any atom is -0.494 e. The number of hydrazine groups is 1. The number of rotatable bonds is 7. The van der Waals surface area contributed by atoms with Gasteiger partial charge in [-0.05, 0) is 56.7 Å². The van der Waals surface area contributed by atoms with Gasteiger partial charge in [-0.1, -0.05) is 29.8 Å². The van der Waals surface area contributed by atoms with Crippen molar-refractivity contribution in [2.45, 2.75) is 26.9 Å². The Morgan fingerprint density at radius 3 is 2.26 bits per heavy atom. The second-order valence-electron chi connectivity index (χ2n) is 5.89. The first-order chi connectivity index (χ1) is 13.0. The van der Waals surface area contributed by atoms with Crippen LogP contribution in [0.5, 0.6) is 11.5 Å². The van der Waals surface area contributed by atoms with Gasteiger partial charge < -0.3 is 9.47 Å². The number of carbonyl (C=O) groups excluding carboxylic acids is 2. The molecule has 142 valence electrons. The molecule has 0 aliphatic carbocycles. The number of amides is 2. The zero-order valence-corrected chi connectivity index (χ0v) is 15.7.